The van der Waals surface area contributed by atoms with E-state index in [1.807, 2.05) is 13.8 Å². The fourth-order valence-electron chi connectivity index (χ4n) is 2.78. The molecule has 1 fully saturated rings. The van der Waals surface area contributed by atoms with E-state index in [1.54, 1.807) is 4.90 Å². The van der Waals surface area contributed by atoms with E-state index >= 15 is 0 Å². The van der Waals surface area contributed by atoms with Crippen LogP contribution in [0.25, 0.3) is 0 Å². The SMILES string of the molecule is CC(C)C(=O)N1CCC(NC(=O)CS(=O)(=O)c2ccc(Cl)cc2)CC1. The van der Waals surface area contributed by atoms with Crippen molar-refractivity contribution >= 4 is 33.3 Å². The molecule has 2 amide bonds. The van der Waals surface area contributed by atoms with Crippen LogP contribution in [0.2, 0.25) is 5.02 Å². The molecule has 1 aliphatic heterocycles. The normalized spacial score (nSPS) is 16.1. The molecule has 138 valence electrons. The molecule has 8 heteroatoms. The molecule has 0 aliphatic carbocycles. The second-order valence-electron chi connectivity index (χ2n) is 6.53. The average molecular weight is 387 g/mol. The van der Waals surface area contributed by atoms with Gasteiger partial charge in [-0.25, -0.2) is 8.42 Å². The highest BCUT2D eigenvalue weighted by Gasteiger charge is 2.26. The lowest BCUT2D eigenvalue weighted by Gasteiger charge is -2.33. The van der Waals surface area contributed by atoms with Crippen molar-refractivity contribution < 1.29 is 18.0 Å². The van der Waals surface area contributed by atoms with E-state index in [2.05, 4.69) is 5.32 Å². The minimum Gasteiger partial charge on any atom is -0.352 e. The van der Waals surface area contributed by atoms with Gasteiger partial charge in [-0.05, 0) is 37.1 Å². The van der Waals surface area contributed by atoms with Gasteiger partial charge < -0.3 is 10.2 Å². The fraction of sp³-hybridized carbons (Fsp3) is 0.529. The molecule has 6 nitrogen and oxygen atoms in total. The molecule has 2 rings (SSSR count). The molecule has 1 aliphatic rings. The summed E-state index contributed by atoms with van der Waals surface area (Å²) in [6.45, 7) is 4.87. The van der Waals surface area contributed by atoms with Crippen LogP contribution in [-0.2, 0) is 19.4 Å². The smallest absolute Gasteiger partial charge is 0.235 e. The highest BCUT2D eigenvalue weighted by molar-refractivity contribution is 7.92. The number of hydrogen-bond acceptors (Lipinski definition) is 4. The largest absolute Gasteiger partial charge is 0.352 e. The third kappa shape index (κ3) is 5.44. The highest BCUT2D eigenvalue weighted by atomic mass is 35.5. The number of halogens is 1. The van der Waals surface area contributed by atoms with Crippen LogP contribution in [0.15, 0.2) is 29.2 Å². The van der Waals surface area contributed by atoms with Gasteiger partial charge in [0.25, 0.3) is 0 Å². The van der Waals surface area contributed by atoms with Gasteiger partial charge in [0.15, 0.2) is 9.84 Å². The lowest BCUT2D eigenvalue weighted by Crippen LogP contribution is -2.48. The fourth-order valence-corrected chi connectivity index (χ4v) is 4.05. The van der Waals surface area contributed by atoms with E-state index in [1.165, 1.54) is 24.3 Å². The van der Waals surface area contributed by atoms with Crippen molar-refractivity contribution in [3.8, 4) is 0 Å². The van der Waals surface area contributed by atoms with Gasteiger partial charge in [-0.3, -0.25) is 9.59 Å². The first-order chi connectivity index (χ1) is 11.7. The maximum Gasteiger partial charge on any atom is 0.235 e. The number of benzene rings is 1. The summed E-state index contributed by atoms with van der Waals surface area (Å²) in [6.07, 6.45) is 1.26. The Morgan fingerprint density at radius 2 is 1.76 bits per heavy atom. The Morgan fingerprint density at radius 1 is 1.20 bits per heavy atom. The van der Waals surface area contributed by atoms with Crippen LogP contribution in [0, 0.1) is 5.92 Å². The Bertz CT molecular complexity index is 724. The Kier molecular flexibility index (Phi) is 6.46. The molecule has 25 heavy (non-hydrogen) atoms. The van der Waals surface area contributed by atoms with Crippen LogP contribution < -0.4 is 5.32 Å². The van der Waals surface area contributed by atoms with Crippen molar-refractivity contribution in [3.63, 3.8) is 0 Å². The van der Waals surface area contributed by atoms with Crippen molar-refractivity contribution in [3.05, 3.63) is 29.3 Å². The zero-order chi connectivity index (χ0) is 18.6. The highest BCUT2D eigenvalue weighted by Crippen LogP contribution is 2.16. The molecule has 1 heterocycles. The van der Waals surface area contributed by atoms with Crippen molar-refractivity contribution in [2.24, 2.45) is 5.92 Å². The van der Waals surface area contributed by atoms with E-state index in [0.29, 0.717) is 31.0 Å². The van der Waals surface area contributed by atoms with Gasteiger partial charge in [0.05, 0.1) is 4.90 Å². The first-order valence-corrected chi connectivity index (χ1v) is 10.3. The van der Waals surface area contributed by atoms with Gasteiger partial charge >= 0.3 is 0 Å². The summed E-state index contributed by atoms with van der Waals surface area (Å²) in [6, 6.07) is 5.63. The van der Waals surface area contributed by atoms with E-state index in [9.17, 15) is 18.0 Å². The van der Waals surface area contributed by atoms with Crippen LogP contribution in [0.4, 0.5) is 0 Å². The Balaban J connectivity index is 1.87. The number of hydrogen-bond donors (Lipinski definition) is 1. The van der Waals surface area contributed by atoms with Crippen LogP contribution in [0.5, 0.6) is 0 Å². The number of nitrogens with one attached hydrogen (secondary N) is 1. The number of sulfone groups is 1. The second-order valence-corrected chi connectivity index (χ2v) is 8.96. The lowest BCUT2D eigenvalue weighted by atomic mass is 10.0. The molecular weight excluding hydrogens is 364 g/mol. The molecule has 0 unspecified atom stereocenters. The van der Waals surface area contributed by atoms with Gasteiger partial charge in [0, 0.05) is 30.1 Å². The van der Waals surface area contributed by atoms with E-state index in [-0.39, 0.29) is 22.8 Å². The lowest BCUT2D eigenvalue weighted by molar-refractivity contribution is -0.135. The monoisotopic (exact) mass is 386 g/mol. The van der Waals surface area contributed by atoms with E-state index in [0.717, 1.165) is 0 Å². The summed E-state index contributed by atoms with van der Waals surface area (Å²) < 4.78 is 24.5. The maximum absolute atomic E-state index is 12.3. The molecule has 1 N–H and O–H groups in total. The molecule has 0 radical (unpaired) electrons. The Morgan fingerprint density at radius 3 is 2.28 bits per heavy atom. The summed E-state index contributed by atoms with van der Waals surface area (Å²) in [4.78, 5) is 25.9. The summed E-state index contributed by atoms with van der Waals surface area (Å²) >= 11 is 5.75. The van der Waals surface area contributed by atoms with E-state index in [4.69, 9.17) is 11.6 Å². The van der Waals surface area contributed by atoms with E-state index < -0.39 is 21.5 Å². The molecule has 0 saturated carbocycles. The topological polar surface area (TPSA) is 83.6 Å². The van der Waals surface area contributed by atoms with Gasteiger partial charge in [0.2, 0.25) is 11.8 Å². The average Bonchev–Trinajstić information content (AvgIpc) is 2.54. The molecule has 0 spiro atoms. The van der Waals surface area contributed by atoms with Crippen LogP contribution in [0.1, 0.15) is 26.7 Å². The van der Waals surface area contributed by atoms with Crippen LogP contribution in [0.3, 0.4) is 0 Å². The molecule has 0 bridgehead atoms. The predicted octanol–water partition coefficient (Wildman–Crippen LogP) is 1.88. The Hall–Kier alpha value is -1.60. The Labute approximate surface area is 153 Å². The molecule has 0 atom stereocenters. The second kappa shape index (κ2) is 8.19. The van der Waals surface area contributed by atoms with Crippen LogP contribution in [-0.4, -0.2) is 50.0 Å². The van der Waals surface area contributed by atoms with Gasteiger partial charge in [-0.15, -0.1) is 0 Å². The zero-order valence-corrected chi connectivity index (χ0v) is 15.9. The molecule has 1 saturated heterocycles. The molecule has 0 aromatic heterocycles. The number of likely N-dealkylation sites (tertiary alicyclic amines) is 1. The minimum atomic E-state index is -3.70. The van der Waals surface area contributed by atoms with Crippen molar-refractivity contribution in [1.29, 1.82) is 0 Å². The first-order valence-electron chi connectivity index (χ1n) is 8.25. The number of nitrogens with zero attached hydrogens (tertiary/aromatic N) is 1. The number of rotatable bonds is 5. The van der Waals surface area contributed by atoms with Crippen molar-refractivity contribution in [1.82, 2.24) is 10.2 Å². The summed E-state index contributed by atoms with van der Waals surface area (Å²) in [5, 5.41) is 3.20. The minimum absolute atomic E-state index is 0.0457. The summed E-state index contributed by atoms with van der Waals surface area (Å²) in [5.74, 6) is -1.06. The molecule has 1 aromatic rings. The third-order valence-corrected chi connectivity index (χ3v) is 6.04. The van der Waals surface area contributed by atoms with Gasteiger partial charge in [-0.1, -0.05) is 25.4 Å². The summed E-state index contributed by atoms with van der Waals surface area (Å²) in [5.41, 5.74) is 0. The van der Waals surface area contributed by atoms with Gasteiger partial charge in [-0.2, -0.15) is 0 Å². The predicted molar refractivity (Wildman–Crippen MR) is 96.1 cm³/mol. The quantitative estimate of drug-likeness (QED) is 0.837. The summed E-state index contributed by atoms with van der Waals surface area (Å²) in [7, 11) is -3.70. The number of amides is 2. The van der Waals surface area contributed by atoms with Gasteiger partial charge in [0.1, 0.15) is 5.75 Å². The third-order valence-electron chi connectivity index (χ3n) is 4.16. The number of carbonyl (C=O) groups is 2. The number of piperidine rings is 1. The molecule has 1 aromatic carbocycles. The number of carbonyl (C=O) groups excluding carboxylic acids is 2. The van der Waals surface area contributed by atoms with Crippen molar-refractivity contribution in [2.45, 2.75) is 37.6 Å². The van der Waals surface area contributed by atoms with Crippen molar-refractivity contribution in [2.75, 3.05) is 18.8 Å². The molecular formula is C17H23ClN2O4S. The maximum atomic E-state index is 12.3. The zero-order valence-electron chi connectivity index (χ0n) is 14.4. The van der Waals surface area contributed by atoms with Crippen LogP contribution >= 0.6 is 11.6 Å². The standard InChI is InChI=1S/C17H23ClN2O4S/c1-12(2)17(22)20-9-7-14(8-10-20)19-16(21)11-25(23,24)15-5-3-13(18)4-6-15/h3-6,12,14H,7-11H2,1-2H3,(H,19,21). The first kappa shape index (κ1) is 19.7.